The fourth-order valence-corrected chi connectivity index (χ4v) is 3.52. The Bertz CT molecular complexity index is 1140. The minimum absolute atomic E-state index is 0.193. The lowest BCUT2D eigenvalue weighted by molar-refractivity contribution is 0.208. The van der Waals surface area contributed by atoms with Crippen LogP contribution in [0.4, 0.5) is 20.7 Å². The SMILES string of the molecule is CCOc1ccccc1NC(=O)N1CCN(c2ccc(=O)n(-c3ccc(F)cc3)n2)CC1. The summed E-state index contributed by atoms with van der Waals surface area (Å²) in [5.74, 6) is 0.876. The number of amides is 2. The van der Waals surface area contributed by atoms with E-state index in [4.69, 9.17) is 4.74 Å². The van der Waals surface area contributed by atoms with E-state index >= 15 is 0 Å². The zero-order valence-electron chi connectivity index (χ0n) is 17.7. The van der Waals surface area contributed by atoms with Crippen LogP contribution in [0.15, 0.2) is 65.5 Å². The van der Waals surface area contributed by atoms with Gasteiger partial charge in [-0.1, -0.05) is 12.1 Å². The number of anilines is 2. The maximum absolute atomic E-state index is 13.2. The molecule has 166 valence electrons. The number of nitrogens with zero attached hydrogens (tertiary/aromatic N) is 4. The molecule has 0 spiro atoms. The van der Waals surface area contributed by atoms with Gasteiger partial charge < -0.3 is 19.9 Å². The normalized spacial score (nSPS) is 13.7. The molecule has 32 heavy (non-hydrogen) atoms. The van der Waals surface area contributed by atoms with E-state index in [0.29, 0.717) is 55.7 Å². The van der Waals surface area contributed by atoms with Gasteiger partial charge in [0, 0.05) is 32.2 Å². The van der Waals surface area contributed by atoms with Crippen molar-refractivity contribution in [2.75, 3.05) is 43.0 Å². The number of urea groups is 1. The van der Waals surface area contributed by atoms with Crippen molar-refractivity contribution in [1.82, 2.24) is 14.7 Å². The second-order valence-electron chi connectivity index (χ2n) is 7.25. The summed E-state index contributed by atoms with van der Waals surface area (Å²) < 4.78 is 20.0. The Morgan fingerprint density at radius 3 is 2.47 bits per heavy atom. The molecular weight excluding hydrogens is 413 g/mol. The van der Waals surface area contributed by atoms with Gasteiger partial charge in [0.2, 0.25) is 0 Å². The Labute approximate surface area is 184 Å². The highest BCUT2D eigenvalue weighted by Crippen LogP contribution is 2.24. The minimum atomic E-state index is -0.378. The predicted molar refractivity (Wildman–Crippen MR) is 120 cm³/mol. The third-order valence-electron chi connectivity index (χ3n) is 5.18. The van der Waals surface area contributed by atoms with Crippen LogP contribution < -0.4 is 20.5 Å². The molecule has 8 nitrogen and oxygen atoms in total. The molecule has 2 amide bonds. The number of halogens is 1. The van der Waals surface area contributed by atoms with Gasteiger partial charge in [-0.3, -0.25) is 4.79 Å². The highest BCUT2D eigenvalue weighted by molar-refractivity contribution is 5.91. The number of aromatic nitrogens is 2. The van der Waals surface area contributed by atoms with Gasteiger partial charge in [-0.05, 0) is 49.4 Å². The Balaban J connectivity index is 1.42. The molecule has 1 aliphatic rings. The molecular formula is C23H24FN5O3. The molecule has 0 bridgehead atoms. The van der Waals surface area contributed by atoms with Crippen LogP contribution in [0.3, 0.4) is 0 Å². The highest BCUT2D eigenvalue weighted by atomic mass is 19.1. The number of hydrogen-bond donors (Lipinski definition) is 1. The topological polar surface area (TPSA) is 79.7 Å². The van der Waals surface area contributed by atoms with Gasteiger partial charge in [-0.2, -0.15) is 4.68 Å². The van der Waals surface area contributed by atoms with E-state index in [9.17, 15) is 14.0 Å². The van der Waals surface area contributed by atoms with Crippen molar-refractivity contribution >= 4 is 17.5 Å². The largest absolute Gasteiger partial charge is 0.492 e. The van der Waals surface area contributed by atoms with Crippen molar-refractivity contribution in [3.63, 3.8) is 0 Å². The van der Waals surface area contributed by atoms with E-state index in [1.165, 1.54) is 35.0 Å². The molecule has 0 unspecified atom stereocenters. The average Bonchev–Trinajstić information content (AvgIpc) is 2.82. The zero-order chi connectivity index (χ0) is 22.5. The highest BCUT2D eigenvalue weighted by Gasteiger charge is 2.23. The van der Waals surface area contributed by atoms with E-state index < -0.39 is 0 Å². The van der Waals surface area contributed by atoms with Crippen LogP contribution in [0.2, 0.25) is 0 Å². The molecule has 9 heteroatoms. The van der Waals surface area contributed by atoms with E-state index in [1.54, 1.807) is 11.0 Å². The monoisotopic (exact) mass is 437 g/mol. The van der Waals surface area contributed by atoms with Crippen molar-refractivity contribution in [1.29, 1.82) is 0 Å². The molecule has 2 aromatic carbocycles. The third kappa shape index (κ3) is 4.72. The number of benzene rings is 2. The van der Waals surface area contributed by atoms with Crippen LogP contribution >= 0.6 is 0 Å². The van der Waals surface area contributed by atoms with Gasteiger partial charge >= 0.3 is 6.03 Å². The number of rotatable bonds is 5. The van der Waals surface area contributed by atoms with E-state index in [-0.39, 0.29) is 17.4 Å². The molecule has 0 aliphatic carbocycles. The van der Waals surface area contributed by atoms with E-state index in [2.05, 4.69) is 10.4 Å². The quantitative estimate of drug-likeness (QED) is 0.664. The summed E-state index contributed by atoms with van der Waals surface area (Å²) in [6.45, 7) is 4.54. The number of hydrogen-bond acceptors (Lipinski definition) is 5. The van der Waals surface area contributed by atoms with Crippen molar-refractivity contribution in [2.24, 2.45) is 0 Å². The number of carbonyl (C=O) groups excluding carboxylic acids is 1. The fourth-order valence-electron chi connectivity index (χ4n) is 3.52. The molecule has 0 radical (unpaired) electrons. The maximum Gasteiger partial charge on any atom is 0.322 e. The molecule has 1 saturated heterocycles. The maximum atomic E-state index is 13.2. The standard InChI is InChI=1S/C23H24FN5O3/c1-2-32-20-6-4-3-5-19(20)25-23(31)28-15-13-27(14-16-28)21-11-12-22(30)29(26-21)18-9-7-17(24)8-10-18/h3-12H,2,13-16H2,1H3,(H,25,31). The van der Waals surface area contributed by atoms with Crippen LogP contribution in [0, 0.1) is 5.82 Å². The van der Waals surface area contributed by atoms with Crippen LogP contribution in [-0.4, -0.2) is 53.5 Å². The van der Waals surface area contributed by atoms with E-state index in [1.807, 2.05) is 36.1 Å². The number of ether oxygens (including phenoxy) is 1. The number of para-hydroxylation sites is 2. The smallest absolute Gasteiger partial charge is 0.322 e. The first-order valence-corrected chi connectivity index (χ1v) is 10.4. The Kier molecular flexibility index (Phi) is 6.34. The Morgan fingerprint density at radius 2 is 1.75 bits per heavy atom. The van der Waals surface area contributed by atoms with Gasteiger partial charge in [-0.25, -0.2) is 9.18 Å². The molecule has 1 aliphatic heterocycles. The molecule has 2 heterocycles. The molecule has 3 aromatic rings. The van der Waals surface area contributed by atoms with Crippen LogP contribution in [0.5, 0.6) is 5.75 Å². The summed E-state index contributed by atoms with van der Waals surface area (Å²) in [6.07, 6.45) is 0. The third-order valence-corrected chi connectivity index (χ3v) is 5.18. The summed E-state index contributed by atoms with van der Waals surface area (Å²) >= 11 is 0. The number of piperazine rings is 1. The molecule has 1 aromatic heterocycles. The van der Waals surface area contributed by atoms with E-state index in [0.717, 1.165) is 0 Å². The summed E-state index contributed by atoms with van der Waals surface area (Å²) in [6, 6.07) is 15.8. The van der Waals surface area contributed by atoms with Gasteiger partial charge in [-0.15, -0.1) is 5.10 Å². The lowest BCUT2D eigenvalue weighted by Gasteiger charge is -2.35. The fraction of sp³-hybridized carbons (Fsp3) is 0.261. The van der Waals surface area contributed by atoms with Gasteiger partial charge in [0.05, 0.1) is 18.0 Å². The Hall–Kier alpha value is -3.88. The molecule has 0 atom stereocenters. The predicted octanol–water partition coefficient (Wildman–Crippen LogP) is 3.12. The molecule has 0 saturated carbocycles. The van der Waals surface area contributed by atoms with Crippen LogP contribution in [-0.2, 0) is 0 Å². The first-order valence-electron chi connectivity index (χ1n) is 10.4. The van der Waals surface area contributed by atoms with Crippen molar-refractivity contribution in [3.8, 4) is 11.4 Å². The summed E-state index contributed by atoms with van der Waals surface area (Å²) in [7, 11) is 0. The molecule has 4 rings (SSSR count). The molecule has 1 fully saturated rings. The van der Waals surface area contributed by atoms with Gasteiger partial charge in [0.1, 0.15) is 17.4 Å². The first kappa shape index (κ1) is 21.4. The van der Waals surface area contributed by atoms with Crippen molar-refractivity contribution in [2.45, 2.75) is 6.92 Å². The molecule has 1 N–H and O–H groups in total. The number of nitrogens with one attached hydrogen (secondary N) is 1. The second kappa shape index (κ2) is 9.51. The number of carbonyl (C=O) groups is 1. The lowest BCUT2D eigenvalue weighted by atomic mass is 10.3. The van der Waals surface area contributed by atoms with Crippen molar-refractivity contribution < 1.29 is 13.9 Å². The average molecular weight is 437 g/mol. The van der Waals surface area contributed by atoms with Crippen molar-refractivity contribution in [3.05, 3.63) is 76.8 Å². The Morgan fingerprint density at radius 1 is 1.03 bits per heavy atom. The van der Waals surface area contributed by atoms with Gasteiger partial charge in [0.15, 0.2) is 0 Å². The summed E-state index contributed by atoms with van der Waals surface area (Å²) in [4.78, 5) is 28.7. The van der Waals surface area contributed by atoms with Crippen LogP contribution in [0.25, 0.3) is 5.69 Å². The zero-order valence-corrected chi connectivity index (χ0v) is 17.7. The minimum Gasteiger partial charge on any atom is -0.492 e. The van der Waals surface area contributed by atoms with Crippen LogP contribution in [0.1, 0.15) is 6.92 Å². The van der Waals surface area contributed by atoms with Gasteiger partial charge in [0.25, 0.3) is 5.56 Å². The summed E-state index contributed by atoms with van der Waals surface area (Å²) in [5, 5.41) is 7.35. The first-order chi connectivity index (χ1) is 15.5. The second-order valence-corrected chi connectivity index (χ2v) is 7.25. The summed E-state index contributed by atoms with van der Waals surface area (Å²) in [5.41, 5.74) is 0.824. The lowest BCUT2D eigenvalue weighted by Crippen LogP contribution is -2.50.